The third-order valence-electron chi connectivity index (χ3n) is 4.66. The third kappa shape index (κ3) is 4.66. The summed E-state index contributed by atoms with van der Waals surface area (Å²) in [5.41, 5.74) is 1.53. The SMILES string of the molecule is O=c1c2ccccc2[nH]c2c(OCCCCN(CCO)CCO)cccc12. The number of pyridine rings is 1. The van der Waals surface area contributed by atoms with Crippen molar-refractivity contribution >= 4 is 21.8 Å². The minimum absolute atomic E-state index is 0.00782. The number of aliphatic hydroxyl groups excluding tert-OH is 2. The summed E-state index contributed by atoms with van der Waals surface area (Å²) in [5, 5.41) is 19.4. The van der Waals surface area contributed by atoms with Crippen LogP contribution >= 0.6 is 0 Å². The molecule has 2 aromatic carbocycles. The Kier molecular flexibility index (Phi) is 6.81. The fourth-order valence-electron chi connectivity index (χ4n) is 3.28. The van der Waals surface area contributed by atoms with E-state index >= 15 is 0 Å². The Labute approximate surface area is 158 Å². The zero-order chi connectivity index (χ0) is 19.1. The normalized spacial score (nSPS) is 11.5. The van der Waals surface area contributed by atoms with Gasteiger partial charge in [-0.1, -0.05) is 18.2 Å². The summed E-state index contributed by atoms with van der Waals surface area (Å²) in [6.07, 6.45) is 1.76. The molecule has 6 heteroatoms. The van der Waals surface area contributed by atoms with E-state index in [1.54, 1.807) is 0 Å². The highest BCUT2D eigenvalue weighted by atomic mass is 16.5. The highest BCUT2D eigenvalue weighted by Crippen LogP contribution is 2.24. The van der Waals surface area contributed by atoms with Crippen molar-refractivity contribution in [3.63, 3.8) is 0 Å². The molecule has 27 heavy (non-hydrogen) atoms. The van der Waals surface area contributed by atoms with Gasteiger partial charge in [0.05, 0.1) is 25.3 Å². The van der Waals surface area contributed by atoms with Crippen molar-refractivity contribution in [3.8, 4) is 5.75 Å². The van der Waals surface area contributed by atoms with Gasteiger partial charge in [0.15, 0.2) is 5.43 Å². The first-order valence-corrected chi connectivity index (χ1v) is 9.35. The van der Waals surface area contributed by atoms with Crippen LogP contribution in [0.25, 0.3) is 21.8 Å². The molecule has 0 amide bonds. The number of nitrogens with zero attached hydrogens (tertiary/aromatic N) is 1. The number of unbranched alkanes of at least 4 members (excludes halogenated alkanes) is 1. The van der Waals surface area contributed by atoms with Gasteiger partial charge in [0.1, 0.15) is 5.75 Å². The molecule has 6 nitrogen and oxygen atoms in total. The van der Waals surface area contributed by atoms with E-state index in [-0.39, 0.29) is 18.6 Å². The van der Waals surface area contributed by atoms with E-state index in [1.165, 1.54) is 0 Å². The lowest BCUT2D eigenvalue weighted by Crippen LogP contribution is -2.31. The van der Waals surface area contributed by atoms with Crippen LogP contribution in [0.4, 0.5) is 0 Å². The minimum atomic E-state index is 0.00782. The first-order chi connectivity index (χ1) is 13.2. The van der Waals surface area contributed by atoms with E-state index in [9.17, 15) is 4.79 Å². The van der Waals surface area contributed by atoms with Gasteiger partial charge in [-0.15, -0.1) is 0 Å². The summed E-state index contributed by atoms with van der Waals surface area (Å²) in [5.74, 6) is 0.679. The van der Waals surface area contributed by atoms with Crippen LogP contribution < -0.4 is 10.2 Å². The van der Waals surface area contributed by atoms with Crippen LogP contribution in [0.3, 0.4) is 0 Å². The van der Waals surface area contributed by atoms with Crippen molar-refractivity contribution in [1.82, 2.24) is 9.88 Å². The minimum Gasteiger partial charge on any atom is -0.491 e. The van der Waals surface area contributed by atoms with Crippen molar-refractivity contribution in [1.29, 1.82) is 0 Å². The molecule has 1 heterocycles. The summed E-state index contributed by atoms with van der Waals surface area (Å²) in [7, 11) is 0. The van der Waals surface area contributed by atoms with Gasteiger partial charge in [-0.25, -0.2) is 0 Å². The fraction of sp³-hybridized carbons (Fsp3) is 0.381. The molecule has 0 spiro atoms. The molecule has 3 N–H and O–H groups in total. The number of rotatable bonds is 10. The smallest absolute Gasteiger partial charge is 0.197 e. The van der Waals surface area contributed by atoms with Gasteiger partial charge >= 0.3 is 0 Å². The number of para-hydroxylation sites is 2. The number of aliphatic hydroxyl groups is 2. The molecule has 0 aliphatic heterocycles. The number of fused-ring (bicyclic) bond motifs is 2. The first-order valence-electron chi connectivity index (χ1n) is 9.35. The number of nitrogens with one attached hydrogen (secondary N) is 1. The van der Waals surface area contributed by atoms with Gasteiger partial charge in [0.25, 0.3) is 0 Å². The van der Waals surface area contributed by atoms with Crippen molar-refractivity contribution in [3.05, 3.63) is 52.7 Å². The maximum Gasteiger partial charge on any atom is 0.197 e. The molecule has 0 fully saturated rings. The van der Waals surface area contributed by atoms with Crippen molar-refractivity contribution in [2.45, 2.75) is 12.8 Å². The van der Waals surface area contributed by atoms with Crippen LogP contribution in [0.2, 0.25) is 0 Å². The molecule has 0 aliphatic carbocycles. The maximum atomic E-state index is 12.7. The van der Waals surface area contributed by atoms with Crippen LogP contribution in [0.15, 0.2) is 47.3 Å². The lowest BCUT2D eigenvalue weighted by Gasteiger charge is -2.19. The second-order valence-corrected chi connectivity index (χ2v) is 6.52. The molecule has 3 rings (SSSR count). The predicted octanol–water partition coefficient (Wildman–Crippen LogP) is 2.13. The topological polar surface area (TPSA) is 85.8 Å². The molecular formula is C21H26N2O4. The van der Waals surface area contributed by atoms with E-state index in [0.717, 1.165) is 30.4 Å². The summed E-state index contributed by atoms with van der Waals surface area (Å²) < 4.78 is 5.94. The number of hydrogen-bond acceptors (Lipinski definition) is 5. The van der Waals surface area contributed by atoms with Gasteiger partial charge < -0.3 is 19.9 Å². The van der Waals surface area contributed by atoms with Gasteiger partial charge in [-0.3, -0.25) is 9.69 Å². The highest BCUT2D eigenvalue weighted by Gasteiger charge is 2.09. The molecule has 3 aromatic rings. The van der Waals surface area contributed by atoms with Gasteiger partial charge in [-0.2, -0.15) is 0 Å². The molecule has 0 radical (unpaired) electrons. The van der Waals surface area contributed by atoms with E-state index in [0.29, 0.717) is 36.2 Å². The Hall–Kier alpha value is -2.41. The van der Waals surface area contributed by atoms with Crippen LogP contribution in [0.5, 0.6) is 5.75 Å². The Balaban J connectivity index is 1.66. The monoisotopic (exact) mass is 370 g/mol. The van der Waals surface area contributed by atoms with E-state index in [1.807, 2.05) is 47.4 Å². The number of ether oxygens (including phenoxy) is 1. The average molecular weight is 370 g/mol. The van der Waals surface area contributed by atoms with Crippen molar-refractivity contribution in [2.75, 3.05) is 39.5 Å². The summed E-state index contributed by atoms with van der Waals surface area (Å²) >= 11 is 0. The number of aromatic amines is 1. The van der Waals surface area contributed by atoms with Crippen LogP contribution in [-0.2, 0) is 0 Å². The molecular weight excluding hydrogens is 344 g/mol. The molecule has 0 aliphatic rings. The van der Waals surface area contributed by atoms with E-state index in [2.05, 4.69) is 4.98 Å². The summed E-state index contributed by atoms with van der Waals surface area (Å²) in [6, 6.07) is 13.0. The first kappa shape index (κ1) is 19.4. The Bertz CT molecular complexity index is 932. The Morgan fingerprint density at radius 2 is 1.63 bits per heavy atom. The highest BCUT2D eigenvalue weighted by molar-refractivity contribution is 5.95. The molecule has 1 aromatic heterocycles. The molecule has 0 saturated carbocycles. The van der Waals surface area contributed by atoms with Gasteiger partial charge in [0, 0.05) is 29.4 Å². The molecule has 0 atom stereocenters. The van der Waals surface area contributed by atoms with E-state index in [4.69, 9.17) is 14.9 Å². The largest absolute Gasteiger partial charge is 0.491 e. The molecule has 0 unspecified atom stereocenters. The Morgan fingerprint density at radius 3 is 2.41 bits per heavy atom. The van der Waals surface area contributed by atoms with Crippen LogP contribution in [0.1, 0.15) is 12.8 Å². The number of benzene rings is 2. The standard InChI is InChI=1S/C21H26N2O4/c24-13-11-23(12-14-25)10-3-4-15-27-19-9-5-7-17-20(19)22-18-8-2-1-6-16(18)21(17)26/h1-2,5-9,24-25H,3-4,10-15H2,(H,22,26). The lowest BCUT2D eigenvalue weighted by molar-refractivity contribution is 0.157. The predicted molar refractivity (Wildman–Crippen MR) is 107 cm³/mol. The molecule has 0 saturated heterocycles. The van der Waals surface area contributed by atoms with Crippen LogP contribution in [-0.4, -0.2) is 59.6 Å². The fourth-order valence-corrected chi connectivity index (χ4v) is 3.28. The molecule has 0 bridgehead atoms. The number of aromatic nitrogens is 1. The van der Waals surface area contributed by atoms with Crippen LogP contribution in [0, 0.1) is 0 Å². The summed E-state index contributed by atoms with van der Waals surface area (Å²) in [6.45, 7) is 2.67. The quantitative estimate of drug-likeness (QED) is 0.376. The number of H-pyrrole nitrogens is 1. The maximum absolute atomic E-state index is 12.7. The number of hydrogen-bond donors (Lipinski definition) is 3. The van der Waals surface area contributed by atoms with Gasteiger partial charge in [0.2, 0.25) is 0 Å². The zero-order valence-corrected chi connectivity index (χ0v) is 15.4. The summed E-state index contributed by atoms with van der Waals surface area (Å²) in [4.78, 5) is 18.0. The lowest BCUT2D eigenvalue weighted by atomic mass is 10.1. The molecule has 144 valence electrons. The second-order valence-electron chi connectivity index (χ2n) is 6.52. The van der Waals surface area contributed by atoms with E-state index < -0.39 is 0 Å². The second kappa shape index (κ2) is 9.50. The van der Waals surface area contributed by atoms with Crippen molar-refractivity contribution in [2.24, 2.45) is 0 Å². The third-order valence-corrected chi connectivity index (χ3v) is 4.66. The van der Waals surface area contributed by atoms with Gasteiger partial charge in [-0.05, 0) is 43.7 Å². The Morgan fingerprint density at radius 1 is 0.889 bits per heavy atom. The zero-order valence-electron chi connectivity index (χ0n) is 15.4. The average Bonchev–Trinajstić information content (AvgIpc) is 2.68. The van der Waals surface area contributed by atoms with Crippen molar-refractivity contribution < 1.29 is 14.9 Å².